The summed E-state index contributed by atoms with van der Waals surface area (Å²) >= 11 is 0. The lowest BCUT2D eigenvalue weighted by molar-refractivity contribution is -0.125. The number of hydrogen-bond acceptors (Lipinski definition) is 2. The van der Waals surface area contributed by atoms with E-state index in [-0.39, 0.29) is 11.3 Å². The van der Waals surface area contributed by atoms with Gasteiger partial charge in [-0.25, -0.2) is 0 Å². The van der Waals surface area contributed by atoms with Gasteiger partial charge in [0.15, 0.2) is 0 Å². The summed E-state index contributed by atoms with van der Waals surface area (Å²) in [4.78, 5) is 13.1. The fourth-order valence-corrected chi connectivity index (χ4v) is 1.59. The van der Waals surface area contributed by atoms with Gasteiger partial charge in [-0.15, -0.1) is 0 Å². The monoisotopic (exact) mass is 235 g/mol. The molecule has 3 nitrogen and oxygen atoms in total. The number of aliphatic hydroxyl groups is 1. The highest BCUT2D eigenvalue weighted by Crippen LogP contribution is 2.24. The molecule has 1 aromatic carbocycles. The quantitative estimate of drug-likeness (QED) is 0.854. The maximum absolute atomic E-state index is 11.6. The van der Waals surface area contributed by atoms with Crippen LogP contribution >= 0.6 is 0 Å². The van der Waals surface area contributed by atoms with E-state index in [0.29, 0.717) is 0 Å². The third-order valence-electron chi connectivity index (χ3n) is 2.81. The Bertz CT molecular complexity index is 388. The first kappa shape index (κ1) is 13.7. The molecule has 0 aliphatic rings. The largest absolute Gasteiger partial charge is 0.384 e. The number of amides is 1. The molecule has 17 heavy (non-hydrogen) atoms. The van der Waals surface area contributed by atoms with Gasteiger partial charge in [0.1, 0.15) is 6.10 Å². The van der Waals surface area contributed by atoms with Crippen LogP contribution in [0.25, 0.3) is 0 Å². The standard InChI is InChI=1S/C14H21NO2/c1-10(16)13(17)15(5)12-8-6-11(7-9-12)14(2,3)4/h6-10,16H,1-5H3. The van der Waals surface area contributed by atoms with Crippen molar-refractivity contribution in [2.75, 3.05) is 11.9 Å². The molecule has 3 heteroatoms. The smallest absolute Gasteiger partial charge is 0.255 e. The lowest BCUT2D eigenvalue weighted by Gasteiger charge is -2.22. The van der Waals surface area contributed by atoms with Crippen LogP contribution in [0.4, 0.5) is 5.69 Å². The van der Waals surface area contributed by atoms with Gasteiger partial charge in [0.05, 0.1) is 0 Å². The molecule has 1 aromatic rings. The Morgan fingerprint density at radius 1 is 1.24 bits per heavy atom. The van der Waals surface area contributed by atoms with Crippen LogP contribution in [0, 0.1) is 0 Å². The summed E-state index contributed by atoms with van der Waals surface area (Å²) in [5, 5.41) is 9.25. The predicted molar refractivity (Wildman–Crippen MR) is 70.2 cm³/mol. The van der Waals surface area contributed by atoms with Gasteiger partial charge in [-0.2, -0.15) is 0 Å². The SMILES string of the molecule is CC(O)C(=O)N(C)c1ccc(C(C)(C)C)cc1. The Hall–Kier alpha value is -1.35. The van der Waals surface area contributed by atoms with Crippen molar-refractivity contribution in [3.8, 4) is 0 Å². The summed E-state index contributed by atoms with van der Waals surface area (Å²) in [5.74, 6) is -0.298. The zero-order valence-electron chi connectivity index (χ0n) is 11.2. The van der Waals surface area contributed by atoms with Crippen molar-refractivity contribution in [2.45, 2.75) is 39.2 Å². The number of benzene rings is 1. The number of nitrogens with zero attached hydrogens (tertiary/aromatic N) is 1. The average molecular weight is 235 g/mol. The molecule has 1 rings (SSSR count). The zero-order chi connectivity index (χ0) is 13.2. The topological polar surface area (TPSA) is 40.5 Å². The summed E-state index contributed by atoms with van der Waals surface area (Å²) < 4.78 is 0. The van der Waals surface area contributed by atoms with E-state index in [1.165, 1.54) is 17.4 Å². The third kappa shape index (κ3) is 3.30. The van der Waals surface area contributed by atoms with E-state index in [1.807, 2.05) is 24.3 Å². The molecule has 1 unspecified atom stereocenters. The van der Waals surface area contributed by atoms with Crippen LogP contribution in [0.15, 0.2) is 24.3 Å². The second-order valence-corrected chi connectivity index (χ2v) is 5.37. The van der Waals surface area contributed by atoms with Crippen molar-refractivity contribution in [1.82, 2.24) is 0 Å². The molecule has 0 aromatic heterocycles. The number of carbonyl (C=O) groups is 1. The van der Waals surface area contributed by atoms with Crippen molar-refractivity contribution >= 4 is 11.6 Å². The summed E-state index contributed by atoms with van der Waals surface area (Å²) in [7, 11) is 1.67. The summed E-state index contributed by atoms with van der Waals surface area (Å²) in [6.45, 7) is 7.91. The molecule has 94 valence electrons. The Morgan fingerprint density at radius 2 is 1.71 bits per heavy atom. The fourth-order valence-electron chi connectivity index (χ4n) is 1.59. The molecule has 0 heterocycles. The highest BCUT2D eigenvalue weighted by atomic mass is 16.3. The lowest BCUT2D eigenvalue weighted by Crippen LogP contribution is -2.34. The summed E-state index contributed by atoms with van der Waals surface area (Å²) in [6.07, 6.45) is -0.970. The number of aliphatic hydroxyl groups excluding tert-OH is 1. The molecule has 0 fully saturated rings. The molecule has 0 aliphatic carbocycles. The fraction of sp³-hybridized carbons (Fsp3) is 0.500. The van der Waals surface area contributed by atoms with Gasteiger partial charge in [-0.05, 0) is 30.0 Å². The van der Waals surface area contributed by atoms with Crippen LogP contribution in [0.1, 0.15) is 33.3 Å². The molecule has 0 bridgehead atoms. The maximum atomic E-state index is 11.6. The minimum absolute atomic E-state index is 0.103. The molecular weight excluding hydrogens is 214 g/mol. The van der Waals surface area contributed by atoms with Gasteiger partial charge in [-0.1, -0.05) is 32.9 Å². The van der Waals surface area contributed by atoms with Gasteiger partial charge in [0.25, 0.3) is 5.91 Å². The third-order valence-corrected chi connectivity index (χ3v) is 2.81. The number of anilines is 1. The van der Waals surface area contributed by atoms with E-state index < -0.39 is 6.10 Å². The Morgan fingerprint density at radius 3 is 2.06 bits per heavy atom. The maximum Gasteiger partial charge on any atom is 0.255 e. The van der Waals surface area contributed by atoms with Gasteiger partial charge in [-0.3, -0.25) is 4.79 Å². The highest BCUT2D eigenvalue weighted by Gasteiger charge is 2.17. The average Bonchev–Trinajstić information content (AvgIpc) is 2.26. The van der Waals surface area contributed by atoms with Crippen molar-refractivity contribution in [2.24, 2.45) is 0 Å². The van der Waals surface area contributed by atoms with Crippen LogP contribution in [0.2, 0.25) is 0 Å². The van der Waals surface area contributed by atoms with E-state index in [2.05, 4.69) is 20.8 Å². The van der Waals surface area contributed by atoms with Crippen LogP contribution in [-0.4, -0.2) is 24.2 Å². The van der Waals surface area contributed by atoms with Crippen LogP contribution in [0.5, 0.6) is 0 Å². The second-order valence-electron chi connectivity index (χ2n) is 5.37. The van der Waals surface area contributed by atoms with Crippen LogP contribution in [0.3, 0.4) is 0 Å². The van der Waals surface area contributed by atoms with Gasteiger partial charge < -0.3 is 10.0 Å². The molecule has 1 atom stereocenters. The van der Waals surface area contributed by atoms with Gasteiger partial charge in [0, 0.05) is 12.7 Å². The lowest BCUT2D eigenvalue weighted by atomic mass is 9.87. The first-order valence-corrected chi connectivity index (χ1v) is 5.79. The van der Waals surface area contributed by atoms with Crippen LogP contribution in [-0.2, 0) is 10.2 Å². The summed E-state index contributed by atoms with van der Waals surface area (Å²) in [5.41, 5.74) is 2.12. The normalized spacial score (nSPS) is 13.3. The number of rotatable bonds is 2. The highest BCUT2D eigenvalue weighted by molar-refractivity contribution is 5.95. The number of hydrogen-bond donors (Lipinski definition) is 1. The van der Waals surface area contributed by atoms with Crippen LogP contribution < -0.4 is 4.90 Å². The summed E-state index contributed by atoms with van der Waals surface area (Å²) in [6, 6.07) is 7.84. The molecular formula is C14H21NO2. The van der Waals surface area contributed by atoms with E-state index >= 15 is 0 Å². The first-order valence-electron chi connectivity index (χ1n) is 5.79. The van der Waals surface area contributed by atoms with Crippen molar-refractivity contribution in [1.29, 1.82) is 0 Å². The molecule has 0 radical (unpaired) electrons. The molecule has 0 spiro atoms. The second kappa shape index (κ2) is 4.88. The molecule has 0 aliphatic heterocycles. The van der Waals surface area contributed by atoms with Crippen molar-refractivity contribution < 1.29 is 9.90 Å². The minimum atomic E-state index is -0.970. The van der Waals surface area contributed by atoms with E-state index in [4.69, 9.17) is 0 Å². The molecule has 0 saturated heterocycles. The van der Waals surface area contributed by atoms with Gasteiger partial charge in [0.2, 0.25) is 0 Å². The molecule has 0 saturated carbocycles. The van der Waals surface area contributed by atoms with Crippen molar-refractivity contribution in [3.05, 3.63) is 29.8 Å². The van der Waals surface area contributed by atoms with E-state index in [0.717, 1.165) is 5.69 Å². The van der Waals surface area contributed by atoms with E-state index in [9.17, 15) is 9.90 Å². The molecule has 1 N–H and O–H groups in total. The Balaban J connectivity index is 2.92. The minimum Gasteiger partial charge on any atom is -0.384 e. The Kier molecular flexibility index (Phi) is 3.94. The number of likely N-dealkylation sites (N-methyl/N-ethyl adjacent to an activating group) is 1. The predicted octanol–water partition coefficient (Wildman–Crippen LogP) is 2.33. The molecule has 1 amide bonds. The first-order chi connectivity index (χ1) is 7.73. The number of carbonyl (C=O) groups excluding carboxylic acids is 1. The van der Waals surface area contributed by atoms with Gasteiger partial charge >= 0.3 is 0 Å². The van der Waals surface area contributed by atoms with E-state index in [1.54, 1.807) is 7.05 Å². The Labute approximate surface area is 103 Å². The zero-order valence-corrected chi connectivity index (χ0v) is 11.2. The van der Waals surface area contributed by atoms with Crippen molar-refractivity contribution in [3.63, 3.8) is 0 Å².